The van der Waals surface area contributed by atoms with Crippen LogP contribution in [0.2, 0.25) is 0 Å². The summed E-state index contributed by atoms with van der Waals surface area (Å²) in [7, 11) is 0. The predicted octanol–water partition coefficient (Wildman–Crippen LogP) is 1.59. The maximum atomic E-state index is 12.3. The molecule has 2 saturated heterocycles. The Labute approximate surface area is 140 Å². The molecule has 0 aromatic carbocycles. The first kappa shape index (κ1) is 15.5. The van der Waals surface area contributed by atoms with Crippen LogP contribution in [0.5, 0.6) is 0 Å². The summed E-state index contributed by atoms with van der Waals surface area (Å²) in [5.74, 6) is -0.113. The Morgan fingerprint density at radius 3 is 3.04 bits per heavy atom. The minimum Gasteiger partial charge on any atom is -0.374 e. The quantitative estimate of drug-likeness (QED) is 0.884. The number of carbonyl (C=O) groups is 1. The Kier molecular flexibility index (Phi) is 4.61. The lowest BCUT2D eigenvalue weighted by Crippen LogP contribution is -2.48. The van der Waals surface area contributed by atoms with E-state index in [0.717, 1.165) is 50.2 Å². The van der Waals surface area contributed by atoms with Crippen LogP contribution in [0.4, 0.5) is 0 Å². The molecule has 1 aliphatic carbocycles. The number of morpholine rings is 1. The van der Waals surface area contributed by atoms with Crippen LogP contribution in [0.15, 0.2) is 5.38 Å². The molecule has 7 heteroatoms. The lowest BCUT2D eigenvalue weighted by Gasteiger charge is -2.33. The lowest BCUT2D eigenvalue weighted by molar-refractivity contribution is -0.0293. The smallest absolute Gasteiger partial charge is 0.270 e. The first-order valence-corrected chi connectivity index (χ1v) is 9.38. The van der Waals surface area contributed by atoms with E-state index in [1.807, 2.05) is 5.38 Å². The highest BCUT2D eigenvalue weighted by atomic mass is 32.1. The summed E-state index contributed by atoms with van der Waals surface area (Å²) in [4.78, 5) is 19.2. The Morgan fingerprint density at radius 2 is 2.26 bits per heavy atom. The van der Waals surface area contributed by atoms with E-state index in [2.05, 4.69) is 15.2 Å². The Morgan fingerprint density at radius 1 is 1.35 bits per heavy atom. The molecule has 23 heavy (non-hydrogen) atoms. The molecule has 3 heterocycles. The third kappa shape index (κ3) is 3.74. The third-order valence-electron chi connectivity index (χ3n) is 4.68. The molecule has 1 amide bonds. The van der Waals surface area contributed by atoms with E-state index in [-0.39, 0.29) is 18.1 Å². The summed E-state index contributed by atoms with van der Waals surface area (Å²) in [6, 6.07) is 0.754. The summed E-state index contributed by atoms with van der Waals surface area (Å²) < 4.78 is 11.4. The van der Waals surface area contributed by atoms with Crippen LogP contribution >= 0.6 is 11.3 Å². The van der Waals surface area contributed by atoms with Crippen LogP contribution in [0.3, 0.4) is 0 Å². The zero-order valence-corrected chi connectivity index (χ0v) is 14.0. The molecule has 2 aliphatic heterocycles. The molecular weight excluding hydrogens is 314 g/mol. The highest BCUT2D eigenvalue weighted by molar-refractivity contribution is 7.09. The molecule has 1 aromatic rings. The Bertz CT molecular complexity index is 555. The molecule has 6 nitrogen and oxygen atoms in total. The molecule has 4 rings (SSSR count). The number of aromatic nitrogens is 1. The van der Waals surface area contributed by atoms with Gasteiger partial charge in [-0.05, 0) is 25.7 Å². The molecule has 0 bridgehead atoms. The van der Waals surface area contributed by atoms with Gasteiger partial charge in [0.25, 0.3) is 5.91 Å². The van der Waals surface area contributed by atoms with Crippen LogP contribution in [0.25, 0.3) is 0 Å². The van der Waals surface area contributed by atoms with Gasteiger partial charge in [-0.3, -0.25) is 9.69 Å². The van der Waals surface area contributed by atoms with Crippen LogP contribution in [-0.4, -0.2) is 60.8 Å². The van der Waals surface area contributed by atoms with Crippen molar-refractivity contribution in [1.82, 2.24) is 15.2 Å². The molecule has 1 aromatic heterocycles. The van der Waals surface area contributed by atoms with Gasteiger partial charge in [0.05, 0.1) is 12.7 Å². The van der Waals surface area contributed by atoms with E-state index in [9.17, 15) is 4.79 Å². The number of carbonyl (C=O) groups excluding carboxylic acids is 1. The summed E-state index contributed by atoms with van der Waals surface area (Å²) in [5, 5.41) is 5.71. The molecule has 1 N–H and O–H groups in total. The molecule has 2 atom stereocenters. The molecule has 1 saturated carbocycles. The number of hydrogen-bond donors (Lipinski definition) is 1. The van der Waals surface area contributed by atoms with E-state index in [1.165, 1.54) is 24.2 Å². The number of ether oxygens (including phenoxy) is 2. The SMILES string of the molecule is O=C(NC[C@@H]1CN(C2CC2)CCO1)c1csc([C@H]2CCCO2)n1. The number of rotatable bonds is 5. The van der Waals surface area contributed by atoms with Crippen molar-refractivity contribution in [2.45, 2.75) is 43.9 Å². The summed E-state index contributed by atoms with van der Waals surface area (Å²) in [5.41, 5.74) is 0.496. The number of nitrogens with zero attached hydrogens (tertiary/aromatic N) is 2. The minimum atomic E-state index is -0.113. The maximum absolute atomic E-state index is 12.3. The van der Waals surface area contributed by atoms with Crippen LogP contribution in [0.1, 0.15) is 47.3 Å². The van der Waals surface area contributed by atoms with Gasteiger partial charge in [-0.25, -0.2) is 4.98 Å². The number of amides is 1. The second-order valence-corrected chi connectivity index (χ2v) is 7.39. The van der Waals surface area contributed by atoms with Crippen molar-refractivity contribution in [1.29, 1.82) is 0 Å². The van der Waals surface area contributed by atoms with Gasteiger partial charge in [0.2, 0.25) is 0 Å². The molecule has 0 unspecified atom stereocenters. The van der Waals surface area contributed by atoms with Gasteiger partial charge in [-0.2, -0.15) is 0 Å². The van der Waals surface area contributed by atoms with Crippen molar-refractivity contribution in [3.05, 3.63) is 16.1 Å². The van der Waals surface area contributed by atoms with Crippen molar-refractivity contribution in [3.63, 3.8) is 0 Å². The van der Waals surface area contributed by atoms with Gasteiger partial charge in [-0.1, -0.05) is 0 Å². The van der Waals surface area contributed by atoms with E-state index >= 15 is 0 Å². The van der Waals surface area contributed by atoms with Gasteiger partial charge in [-0.15, -0.1) is 11.3 Å². The molecule has 0 spiro atoms. The van der Waals surface area contributed by atoms with E-state index in [4.69, 9.17) is 9.47 Å². The first-order chi connectivity index (χ1) is 11.3. The predicted molar refractivity (Wildman–Crippen MR) is 86.7 cm³/mol. The largest absolute Gasteiger partial charge is 0.374 e. The van der Waals surface area contributed by atoms with Gasteiger partial charge in [0.1, 0.15) is 16.8 Å². The fourth-order valence-electron chi connectivity index (χ4n) is 3.25. The van der Waals surface area contributed by atoms with E-state index < -0.39 is 0 Å². The lowest BCUT2D eigenvalue weighted by atomic mass is 10.2. The molecule has 3 fully saturated rings. The Hall–Kier alpha value is -1.02. The summed E-state index contributed by atoms with van der Waals surface area (Å²) in [6.07, 6.45) is 4.86. The standard InChI is InChI=1S/C16H23N3O3S/c20-15(13-10-23-16(18-13)14-2-1-6-22-14)17-8-12-9-19(5-7-21-12)11-3-4-11/h10-12,14H,1-9H2,(H,17,20)/t12-,14-/m1/s1. The Balaban J connectivity index is 1.27. The van der Waals surface area contributed by atoms with Crippen LogP contribution in [-0.2, 0) is 9.47 Å². The maximum Gasteiger partial charge on any atom is 0.270 e. The zero-order valence-electron chi connectivity index (χ0n) is 13.2. The van der Waals surface area contributed by atoms with Gasteiger partial charge < -0.3 is 14.8 Å². The number of hydrogen-bond acceptors (Lipinski definition) is 6. The number of thiazole rings is 1. The fourth-order valence-corrected chi connectivity index (χ4v) is 4.13. The molecule has 126 valence electrons. The minimum absolute atomic E-state index is 0.0790. The molecular formula is C16H23N3O3S. The zero-order chi connectivity index (χ0) is 15.6. The fraction of sp³-hybridized carbons (Fsp3) is 0.750. The summed E-state index contributed by atoms with van der Waals surface area (Å²) in [6.45, 7) is 4.04. The van der Waals surface area contributed by atoms with E-state index in [0.29, 0.717) is 12.2 Å². The average Bonchev–Trinajstić information content (AvgIpc) is 3.08. The average molecular weight is 337 g/mol. The third-order valence-corrected chi connectivity index (χ3v) is 5.62. The van der Waals surface area contributed by atoms with Crippen LogP contribution in [0, 0.1) is 0 Å². The first-order valence-electron chi connectivity index (χ1n) is 8.50. The highest BCUT2D eigenvalue weighted by Gasteiger charge is 2.33. The van der Waals surface area contributed by atoms with E-state index in [1.54, 1.807) is 0 Å². The second kappa shape index (κ2) is 6.84. The molecule has 3 aliphatic rings. The summed E-state index contributed by atoms with van der Waals surface area (Å²) >= 11 is 1.51. The van der Waals surface area contributed by atoms with Crippen molar-refractivity contribution in [2.75, 3.05) is 32.8 Å². The van der Waals surface area contributed by atoms with Gasteiger partial charge in [0, 0.05) is 37.7 Å². The van der Waals surface area contributed by atoms with Gasteiger partial charge >= 0.3 is 0 Å². The monoisotopic (exact) mass is 337 g/mol. The molecule has 0 radical (unpaired) electrons. The van der Waals surface area contributed by atoms with Gasteiger partial charge in [0.15, 0.2) is 0 Å². The van der Waals surface area contributed by atoms with Crippen molar-refractivity contribution in [3.8, 4) is 0 Å². The topological polar surface area (TPSA) is 63.7 Å². The highest BCUT2D eigenvalue weighted by Crippen LogP contribution is 2.30. The van der Waals surface area contributed by atoms with Crippen molar-refractivity contribution < 1.29 is 14.3 Å². The van der Waals surface area contributed by atoms with Crippen LogP contribution < -0.4 is 5.32 Å². The second-order valence-electron chi connectivity index (χ2n) is 6.50. The van der Waals surface area contributed by atoms with Crippen molar-refractivity contribution in [2.24, 2.45) is 0 Å². The normalized spacial score (nSPS) is 28.9. The number of nitrogens with one attached hydrogen (secondary N) is 1. The van der Waals surface area contributed by atoms with Crippen molar-refractivity contribution >= 4 is 17.2 Å².